The molecule has 1 atom stereocenters. The summed E-state index contributed by atoms with van der Waals surface area (Å²) < 4.78 is 28.5. The lowest BCUT2D eigenvalue weighted by Gasteiger charge is -2.20. The average molecular weight is 438 g/mol. The van der Waals surface area contributed by atoms with Gasteiger partial charge in [0.15, 0.2) is 0 Å². The summed E-state index contributed by atoms with van der Waals surface area (Å²) in [5.74, 6) is -0.797. The lowest BCUT2D eigenvalue weighted by atomic mass is 9.99. The van der Waals surface area contributed by atoms with Crippen LogP contribution >= 0.6 is 11.6 Å². The molecule has 0 heterocycles. The second kappa shape index (κ2) is 11.3. The van der Waals surface area contributed by atoms with E-state index in [-0.39, 0.29) is 17.4 Å². The third-order valence-electron chi connectivity index (χ3n) is 4.76. The van der Waals surface area contributed by atoms with E-state index >= 15 is 0 Å². The van der Waals surface area contributed by atoms with E-state index in [0.717, 1.165) is 30.4 Å². The summed E-state index contributed by atoms with van der Waals surface area (Å²) in [6, 6.07) is 13.5. The van der Waals surface area contributed by atoms with Crippen molar-refractivity contribution >= 4 is 27.6 Å². The number of unbranched alkanes of at least 4 members (excludes halogenated alkanes) is 2. The van der Waals surface area contributed by atoms with E-state index in [9.17, 15) is 13.2 Å². The minimum Gasteiger partial charge on any atom is -0.481 e. The fourth-order valence-electron chi connectivity index (χ4n) is 3.12. The number of hydrogen-bond acceptors (Lipinski definition) is 3. The normalized spacial score (nSPS) is 12.6. The lowest BCUT2D eigenvalue weighted by Crippen LogP contribution is -2.28. The molecule has 2 rings (SSSR count). The van der Waals surface area contributed by atoms with Gasteiger partial charge >= 0.3 is 5.97 Å². The minimum atomic E-state index is -3.67. The zero-order valence-corrected chi connectivity index (χ0v) is 18.2. The van der Waals surface area contributed by atoms with E-state index in [4.69, 9.17) is 16.7 Å². The van der Waals surface area contributed by atoms with E-state index in [1.165, 1.54) is 12.1 Å². The van der Waals surface area contributed by atoms with Gasteiger partial charge in [0, 0.05) is 17.5 Å². The van der Waals surface area contributed by atoms with Crippen LogP contribution in [0, 0.1) is 0 Å². The van der Waals surface area contributed by atoms with Crippen molar-refractivity contribution in [2.45, 2.75) is 62.8 Å². The number of benzene rings is 2. The average Bonchev–Trinajstić information content (AvgIpc) is 2.68. The molecule has 0 fully saturated rings. The molecule has 2 N–H and O–H groups in total. The quantitative estimate of drug-likeness (QED) is 0.438. The van der Waals surface area contributed by atoms with Gasteiger partial charge in [-0.25, -0.2) is 13.1 Å². The molecule has 158 valence electrons. The van der Waals surface area contributed by atoms with Gasteiger partial charge < -0.3 is 5.11 Å². The van der Waals surface area contributed by atoms with Gasteiger partial charge in [-0.2, -0.15) is 0 Å². The van der Waals surface area contributed by atoms with Crippen molar-refractivity contribution in [2.75, 3.05) is 0 Å². The molecular weight excluding hydrogens is 410 g/mol. The Morgan fingerprint density at radius 1 is 1.03 bits per heavy atom. The Balaban J connectivity index is 2.14. The molecule has 0 radical (unpaired) electrons. The highest BCUT2D eigenvalue weighted by molar-refractivity contribution is 7.89. The molecular formula is C22H28ClNO4S. The van der Waals surface area contributed by atoms with Crippen LogP contribution in [0.5, 0.6) is 0 Å². The molecule has 0 spiro atoms. The first-order valence-corrected chi connectivity index (χ1v) is 11.8. The molecule has 0 saturated heterocycles. The highest BCUT2D eigenvalue weighted by Crippen LogP contribution is 2.24. The van der Waals surface area contributed by atoms with Crippen molar-refractivity contribution < 1.29 is 18.3 Å². The fourth-order valence-corrected chi connectivity index (χ4v) is 4.51. The SMILES string of the molecule is CCCCC[C@H](NS(=O)(=O)c1ccc(Cl)cc1)c1ccc(CCCC(=O)O)cc1. The van der Waals surface area contributed by atoms with Crippen LogP contribution in [-0.4, -0.2) is 19.5 Å². The summed E-state index contributed by atoms with van der Waals surface area (Å²) in [5, 5.41) is 9.24. The minimum absolute atomic E-state index is 0.141. The number of carboxylic acids is 1. The molecule has 0 amide bonds. The molecule has 0 unspecified atom stereocenters. The maximum Gasteiger partial charge on any atom is 0.303 e. The molecule has 0 bridgehead atoms. The van der Waals surface area contributed by atoms with Crippen LogP contribution in [0.3, 0.4) is 0 Å². The number of sulfonamides is 1. The van der Waals surface area contributed by atoms with Crippen molar-refractivity contribution in [3.8, 4) is 0 Å². The second-order valence-corrected chi connectivity index (χ2v) is 9.26. The number of hydrogen-bond donors (Lipinski definition) is 2. The highest BCUT2D eigenvalue weighted by atomic mass is 35.5. The molecule has 29 heavy (non-hydrogen) atoms. The predicted octanol–water partition coefficient (Wildman–Crippen LogP) is 5.35. The molecule has 5 nitrogen and oxygen atoms in total. The number of aryl methyl sites for hydroxylation is 1. The number of aliphatic carboxylic acids is 1. The summed E-state index contributed by atoms with van der Waals surface area (Å²) in [6.45, 7) is 2.11. The van der Waals surface area contributed by atoms with Crippen LogP contribution in [-0.2, 0) is 21.2 Å². The van der Waals surface area contributed by atoms with Crippen molar-refractivity contribution in [1.29, 1.82) is 0 Å². The topological polar surface area (TPSA) is 83.5 Å². The smallest absolute Gasteiger partial charge is 0.303 e. The summed E-state index contributed by atoms with van der Waals surface area (Å²) in [5.41, 5.74) is 1.95. The van der Waals surface area contributed by atoms with Crippen LogP contribution in [0.15, 0.2) is 53.4 Å². The lowest BCUT2D eigenvalue weighted by molar-refractivity contribution is -0.137. The maximum atomic E-state index is 12.8. The van der Waals surface area contributed by atoms with Gasteiger partial charge in [-0.1, -0.05) is 62.1 Å². The number of halogens is 1. The van der Waals surface area contributed by atoms with Gasteiger partial charge in [-0.3, -0.25) is 4.79 Å². The Morgan fingerprint density at radius 2 is 1.69 bits per heavy atom. The number of rotatable bonds is 12. The number of nitrogens with one attached hydrogen (secondary N) is 1. The Bertz CT molecular complexity index is 880. The van der Waals surface area contributed by atoms with Gasteiger partial charge in [-0.15, -0.1) is 0 Å². The Kier molecular flexibility index (Phi) is 9.14. The first-order chi connectivity index (χ1) is 13.8. The van der Waals surface area contributed by atoms with Gasteiger partial charge in [0.2, 0.25) is 10.0 Å². The number of carboxylic acid groups (broad SMARTS) is 1. The first-order valence-electron chi connectivity index (χ1n) is 9.90. The second-order valence-electron chi connectivity index (χ2n) is 7.11. The Hall–Kier alpha value is -1.89. The summed E-state index contributed by atoms with van der Waals surface area (Å²) in [7, 11) is -3.67. The van der Waals surface area contributed by atoms with E-state index in [1.807, 2.05) is 24.3 Å². The van der Waals surface area contributed by atoms with Crippen LogP contribution in [0.25, 0.3) is 0 Å². The zero-order chi connectivity index (χ0) is 21.3. The van der Waals surface area contributed by atoms with E-state index in [2.05, 4.69) is 11.6 Å². The largest absolute Gasteiger partial charge is 0.481 e. The maximum absolute atomic E-state index is 12.8. The van der Waals surface area contributed by atoms with Crippen molar-refractivity contribution in [3.63, 3.8) is 0 Å². The summed E-state index contributed by atoms with van der Waals surface area (Å²) in [6.07, 6.45) is 5.12. The third kappa shape index (κ3) is 7.80. The number of carbonyl (C=O) groups is 1. The van der Waals surface area contributed by atoms with Crippen molar-refractivity contribution in [2.24, 2.45) is 0 Å². The predicted molar refractivity (Wildman–Crippen MR) is 116 cm³/mol. The van der Waals surface area contributed by atoms with Crippen LogP contribution in [0.1, 0.15) is 62.6 Å². The molecule has 7 heteroatoms. The Labute approximate surface area is 178 Å². The summed E-state index contributed by atoms with van der Waals surface area (Å²) >= 11 is 5.87. The van der Waals surface area contributed by atoms with Crippen LogP contribution in [0.2, 0.25) is 5.02 Å². The molecule has 2 aromatic carbocycles. The monoisotopic (exact) mass is 437 g/mol. The molecule has 0 aliphatic rings. The van der Waals surface area contributed by atoms with Gasteiger partial charge in [0.1, 0.15) is 0 Å². The molecule has 0 aromatic heterocycles. The fraction of sp³-hybridized carbons (Fsp3) is 0.409. The zero-order valence-electron chi connectivity index (χ0n) is 16.6. The van der Waals surface area contributed by atoms with Gasteiger partial charge in [-0.05, 0) is 54.7 Å². The molecule has 2 aromatic rings. The van der Waals surface area contributed by atoms with Gasteiger partial charge in [0.25, 0.3) is 0 Å². The van der Waals surface area contributed by atoms with E-state index in [1.54, 1.807) is 12.1 Å². The summed E-state index contributed by atoms with van der Waals surface area (Å²) in [4.78, 5) is 10.8. The van der Waals surface area contributed by atoms with Crippen LogP contribution in [0.4, 0.5) is 0 Å². The molecule has 0 saturated carbocycles. The standard InChI is InChI=1S/C22H28ClNO4S/c1-2-3-4-7-21(24-29(27,28)20-15-13-19(23)14-16-20)18-11-9-17(10-12-18)6-5-8-22(25)26/h9-16,21,24H,2-8H2,1H3,(H,25,26)/t21-/m0/s1. The van der Waals surface area contributed by atoms with E-state index < -0.39 is 16.0 Å². The van der Waals surface area contributed by atoms with Crippen LogP contribution < -0.4 is 4.72 Å². The third-order valence-corrected chi connectivity index (χ3v) is 6.50. The van der Waals surface area contributed by atoms with Gasteiger partial charge in [0.05, 0.1) is 4.90 Å². The molecule has 0 aliphatic carbocycles. The highest BCUT2D eigenvalue weighted by Gasteiger charge is 2.21. The van der Waals surface area contributed by atoms with E-state index in [0.29, 0.717) is 24.3 Å². The Morgan fingerprint density at radius 3 is 2.28 bits per heavy atom. The first kappa shape index (κ1) is 23.4. The van der Waals surface area contributed by atoms with Crippen molar-refractivity contribution in [1.82, 2.24) is 4.72 Å². The molecule has 0 aliphatic heterocycles. The van der Waals surface area contributed by atoms with Crippen molar-refractivity contribution in [3.05, 3.63) is 64.7 Å².